The van der Waals surface area contributed by atoms with Crippen molar-refractivity contribution in [1.82, 2.24) is 14.9 Å². The maximum absolute atomic E-state index is 13.1. The number of thioether (sulfide) groups is 1. The maximum atomic E-state index is 13.1. The van der Waals surface area contributed by atoms with Crippen LogP contribution in [0.3, 0.4) is 0 Å². The summed E-state index contributed by atoms with van der Waals surface area (Å²) in [6, 6.07) is 16.9. The first-order valence-corrected chi connectivity index (χ1v) is 10.4. The predicted molar refractivity (Wildman–Crippen MR) is 112 cm³/mol. The van der Waals surface area contributed by atoms with Crippen molar-refractivity contribution in [2.24, 2.45) is 0 Å². The highest BCUT2D eigenvalue weighted by Gasteiger charge is 2.37. The molecule has 0 radical (unpaired) electrons. The van der Waals surface area contributed by atoms with Gasteiger partial charge >= 0.3 is 0 Å². The summed E-state index contributed by atoms with van der Waals surface area (Å²) in [5, 5.41) is 12.5. The highest BCUT2D eigenvalue weighted by atomic mass is 35.5. The molecule has 1 aliphatic heterocycles. The summed E-state index contributed by atoms with van der Waals surface area (Å²) in [7, 11) is 0. The van der Waals surface area contributed by atoms with Crippen LogP contribution in [0.15, 0.2) is 59.8 Å². The number of benzene rings is 2. The molecule has 0 saturated carbocycles. The minimum Gasteiger partial charge on any atom is -0.325 e. The lowest BCUT2D eigenvalue weighted by molar-refractivity contribution is -0.116. The number of aromatic nitrogens is 3. The van der Waals surface area contributed by atoms with E-state index in [1.807, 2.05) is 35.0 Å². The first kappa shape index (κ1) is 18.8. The quantitative estimate of drug-likeness (QED) is 0.653. The summed E-state index contributed by atoms with van der Waals surface area (Å²) in [5.41, 5.74) is 5.21. The van der Waals surface area contributed by atoms with Crippen molar-refractivity contribution in [3.05, 3.63) is 71.0 Å². The number of amides is 1. The van der Waals surface area contributed by atoms with Crippen LogP contribution in [-0.4, -0.2) is 26.0 Å². The Balaban J connectivity index is 1.64. The Labute approximate surface area is 172 Å². The third-order valence-corrected chi connectivity index (χ3v) is 5.97. The fourth-order valence-corrected chi connectivity index (χ4v) is 4.37. The van der Waals surface area contributed by atoms with Crippen LogP contribution in [0.1, 0.15) is 30.8 Å². The van der Waals surface area contributed by atoms with Crippen LogP contribution in [0.25, 0.3) is 0 Å². The molecule has 3 aromatic rings. The Morgan fingerprint density at radius 2 is 1.93 bits per heavy atom. The van der Waals surface area contributed by atoms with Crippen LogP contribution in [-0.2, 0) is 11.2 Å². The van der Waals surface area contributed by atoms with Gasteiger partial charge in [0.1, 0.15) is 5.25 Å². The largest absolute Gasteiger partial charge is 0.325 e. The monoisotopic (exact) mass is 413 g/mol. The predicted octanol–water partition coefficient (Wildman–Crippen LogP) is 4.28. The summed E-state index contributed by atoms with van der Waals surface area (Å²) in [6.07, 6.45) is 1.80. The molecule has 28 heavy (non-hydrogen) atoms. The van der Waals surface area contributed by atoms with Crippen LogP contribution in [0.5, 0.6) is 0 Å². The average Bonchev–Trinajstić information content (AvgIpc) is 3.12. The summed E-state index contributed by atoms with van der Waals surface area (Å²) < 4.78 is 1.91. The van der Waals surface area contributed by atoms with Crippen LogP contribution in [0.4, 0.5) is 5.69 Å². The van der Waals surface area contributed by atoms with Crippen molar-refractivity contribution in [3.8, 4) is 0 Å². The van der Waals surface area contributed by atoms with Gasteiger partial charge < -0.3 is 10.7 Å². The molecule has 1 aliphatic rings. The minimum atomic E-state index is -0.399. The molecule has 0 saturated heterocycles. The van der Waals surface area contributed by atoms with E-state index in [9.17, 15) is 4.79 Å². The zero-order valence-electron chi connectivity index (χ0n) is 15.3. The molecule has 2 aromatic carbocycles. The molecule has 0 spiro atoms. The lowest BCUT2D eigenvalue weighted by atomic mass is 10.0. The molecule has 0 aliphatic carbocycles. The summed E-state index contributed by atoms with van der Waals surface area (Å²) in [4.78, 5) is 13.1. The van der Waals surface area contributed by atoms with Gasteiger partial charge in [-0.3, -0.25) is 4.79 Å². The molecule has 0 fully saturated rings. The molecular weight excluding hydrogens is 394 g/mol. The fraction of sp³-hybridized carbons (Fsp3) is 0.250. The smallest absolute Gasteiger partial charge is 0.240 e. The first-order valence-electron chi connectivity index (χ1n) is 9.14. The van der Waals surface area contributed by atoms with Crippen molar-refractivity contribution < 1.29 is 4.79 Å². The number of rotatable bonds is 5. The molecule has 4 rings (SSSR count). The van der Waals surface area contributed by atoms with Gasteiger partial charge in [-0.1, -0.05) is 60.6 Å². The normalized spacial score (nSPS) is 18.2. The van der Waals surface area contributed by atoms with E-state index in [4.69, 9.17) is 11.6 Å². The minimum absolute atomic E-state index is 0.0973. The van der Waals surface area contributed by atoms with Crippen LogP contribution < -0.4 is 10.7 Å². The Morgan fingerprint density at radius 1 is 1.18 bits per heavy atom. The molecule has 6 nitrogen and oxygen atoms in total. The van der Waals surface area contributed by atoms with Gasteiger partial charge in [0.15, 0.2) is 5.82 Å². The highest BCUT2D eigenvalue weighted by molar-refractivity contribution is 8.00. The average molecular weight is 414 g/mol. The highest BCUT2D eigenvalue weighted by Crippen LogP contribution is 2.37. The van der Waals surface area contributed by atoms with E-state index in [1.54, 1.807) is 24.3 Å². The van der Waals surface area contributed by atoms with Gasteiger partial charge in [0, 0.05) is 17.1 Å². The number of fused-ring (bicyclic) bond motifs is 1. The van der Waals surface area contributed by atoms with Crippen molar-refractivity contribution in [3.63, 3.8) is 0 Å². The van der Waals surface area contributed by atoms with E-state index in [2.05, 4.69) is 27.9 Å². The Morgan fingerprint density at radius 3 is 2.64 bits per heavy atom. The molecule has 8 heteroatoms. The Kier molecular flexibility index (Phi) is 5.54. The van der Waals surface area contributed by atoms with E-state index in [0.717, 1.165) is 24.2 Å². The molecule has 2 heterocycles. The lowest BCUT2D eigenvalue weighted by Crippen LogP contribution is -2.41. The lowest BCUT2D eigenvalue weighted by Gasteiger charge is -2.33. The number of carbonyl (C=O) groups is 1. The number of nitrogens with one attached hydrogen (secondary N) is 2. The van der Waals surface area contributed by atoms with Crippen molar-refractivity contribution in [1.29, 1.82) is 0 Å². The summed E-state index contributed by atoms with van der Waals surface area (Å²) in [5.74, 6) is 0.780. The number of hydrogen-bond donors (Lipinski definition) is 2. The second kappa shape index (κ2) is 8.24. The van der Waals surface area contributed by atoms with E-state index in [1.165, 1.54) is 11.8 Å². The van der Waals surface area contributed by atoms with Gasteiger partial charge in [-0.05, 0) is 36.2 Å². The third kappa shape index (κ3) is 3.86. The first-order chi connectivity index (χ1) is 13.7. The zero-order chi connectivity index (χ0) is 19.5. The molecular formula is C20H20ClN5OS. The van der Waals surface area contributed by atoms with Gasteiger partial charge in [-0.15, -0.1) is 10.2 Å². The number of anilines is 1. The van der Waals surface area contributed by atoms with Crippen LogP contribution >= 0.6 is 23.4 Å². The third-order valence-electron chi connectivity index (χ3n) is 4.51. The van der Waals surface area contributed by atoms with Gasteiger partial charge in [-0.25, -0.2) is 4.68 Å². The number of halogens is 1. The number of aryl methyl sites for hydroxylation is 1. The van der Waals surface area contributed by atoms with E-state index in [-0.39, 0.29) is 11.9 Å². The number of nitrogens with zero attached hydrogens (tertiary/aromatic N) is 3. The van der Waals surface area contributed by atoms with Crippen molar-refractivity contribution >= 4 is 35.0 Å². The Hall–Kier alpha value is -2.51. The number of carbonyl (C=O) groups excluding carboxylic acids is 1. The van der Waals surface area contributed by atoms with Gasteiger partial charge in [0.2, 0.25) is 11.1 Å². The molecule has 144 valence electrons. The van der Waals surface area contributed by atoms with Gasteiger partial charge in [-0.2, -0.15) is 0 Å². The zero-order valence-corrected chi connectivity index (χ0v) is 16.9. The molecule has 0 bridgehead atoms. The van der Waals surface area contributed by atoms with E-state index < -0.39 is 5.25 Å². The standard InChI is InChI=1S/C20H20ClN5OS/c1-2-6-16-23-24-20-26(16)25-17(13-7-4-3-5-8-13)18(28-20)19(27)22-15-11-9-14(21)10-12-15/h3-5,7-12,17-18,25H,2,6H2,1H3,(H,22,27)/t17-,18+/m0/s1. The second-order valence-corrected chi connectivity index (χ2v) is 8.08. The summed E-state index contributed by atoms with van der Waals surface area (Å²) >= 11 is 7.37. The molecule has 2 atom stereocenters. The van der Waals surface area contributed by atoms with Crippen LogP contribution in [0.2, 0.25) is 5.02 Å². The van der Waals surface area contributed by atoms with Gasteiger partial charge in [0.25, 0.3) is 0 Å². The fourth-order valence-electron chi connectivity index (χ4n) is 3.14. The van der Waals surface area contributed by atoms with Crippen LogP contribution in [0, 0.1) is 0 Å². The Bertz CT molecular complexity index is 960. The summed E-state index contributed by atoms with van der Waals surface area (Å²) in [6.45, 7) is 2.11. The van der Waals surface area contributed by atoms with Crippen molar-refractivity contribution in [2.75, 3.05) is 10.7 Å². The second-order valence-electron chi connectivity index (χ2n) is 6.54. The van der Waals surface area contributed by atoms with Crippen molar-refractivity contribution in [2.45, 2.75) is 36.2 Å². The molecule has 2 N–H and O–H groups in total. The molecule has 0 unspecified atom stereocenters. The van der Waals surface area contributed by atoms with E-state index in [0.29, 0.717) is 15.9 Å². The van der Waals surface area contributed by atoms with Gasteiger partial charge in [0.05, 0.1) is 6.04 Å². The molecule has 1 amide bonds. The molecule has 1 aromatic heterocycles. The number of hydrogen-bond acceptors (Lipinski definition) is 5. The van der Waals surface area contributed by atoms with E-state index >= 15 is 0 Å². The topological polar surface area (TPSA) is 71.8 Å². The SMILES string of the molecule is CCCc1nnc2n1N[C@@H](c1ccccc1)[C@H](C(=O)Nc1ccc(Cl)cc1)S2. The maximum Gasteiger partial charge on any atom is 0.240 e.